The van der Waals surface area contributed by atoms with Gasteiger partial charge < -0.3 is 9.47 Å². The molecule has 1 aromatic heterocycles. The van der Waals surface area contributed by atoms with Gasteiger partial charge in [0.2, 0.25) is 5.95 Å². The smallest absolute Gasteiger partial charge is 0.330 e. The number of aromatic nitrogens is 3. The molecule has 112 valence electrons. The average Bonchev–Trinajstić information content (AvgIpc) is 2.42. The van der Waals surface area contributed by atoms with Crippen LogP contribution >= 0.6 is 0 Å². The number of rotatable bonds is 5. The van der Waals surface area contributed by atoms with E-state index in [-0.39, 0.29) is 29.9 Å². The number of aryl methyl sites for hydroxylation is 1. The number of hydrazine groups is 1. The lowest BCUT2D eigenvalue weighted by Crippen LogP contribution is -2.15. The van der Waals surface area contributed by atoms with Gasteiger partial charge in [0.15, 0.2) is 0 Å². The number of hydrogen-bond donors (Lipinski definition) is 2. The fourth-order valence-corrected chi connectivity index (χ4v) is 1.50. The summed E-state index contributed by atoms with van der Waals surface area (Å²) in [5.41, 5.74) is 2.76. The zero-order valence-corrected chi connectivity index (χ0v) is 11.9. The first-order valence-electron chi connectivity index (χ1n) is 6.31. The molecule has 3 N–H and O–H groups in total. The second kappa shape index (κ2) is 6.31. The maximum Gasteiger partial charge on any atom is 0.330 e. The molecule has 0 saturated heterocycles. The highest BCUT2D eigenvalue weighted by molar-refractivity contribution is 5.32. The van der Waals surface area contributed by atoms with Gasteiger partial charge >= 0.3 is 12.0 Å². The Hall–Kier alpha value is -2.48. The lowest BCUT2D eigenvalue weighted by Gasteiger charge is -2.10. The first-order chi connectivity index (χ1) is 9.97. The molecule has 0 aliphatic carbocycles. The Balaban J connectivity index is 2.27. The van der Waals surface area contributed by atoms with E-state index in [1.807, 2.05) is 13.8 Å². The highest BCUT2D eigenvalue weighted by atomic mass is 19.1. The molecule has 2 rings (SSSR count). The summed E-state index contributed by atoms with van der Waals surface area (Å²) in [7, 11) is 0. The van der Waals surface area contributed by atoms with Crippen molar-refractivity contribution >= 4 is 5.95 Å². The molecule has 0 amide bonds. The summed E-state index contributed by atoms with van der Waals surface area (Å²) in [4.78, 5) is 11.9. The zero-order valence-electron chi connectivity index (χ0n) is 11.9. The van der Waals surface area contributed by atoms with Gasteiger partial charge in [0.1, 0.15) is 11.6 Å². The Bertz CT molecular complexity index is 636. The van der Waals surface area contributed by atoms with E-state index in [9.17, 15) is 4.39 Å². The highest BCUT2D eigenvalue weighted by Crippen LogP contribution is 2.22. The van der Waals surface area contributed by atoms with E-state index in [4.69, 9.17) is 15.3 Å². The number of halogens is 1. The minimum Gasteiger partial charge on any atom is -0.461 e. The van der Waals surface area contributed by atoms with Crippen LogP contribution in [0.15, 0.2) is 18.2 Å². The van der Waals surface area contributed by atoms with Crippen molar-refractivity contribution in [1.29, 1.82) is 0 Å². The van der Waals surface area contributed by atoms with E-state index >= 15 is 0 Å². The molecule has 0 radical (unpaired) electrons. The molecule has 0 aliphatic heterocycles. The van der Waals surface area contributed by atoms with Crippen LogP contribution in [-0.4, -0.2) is 21.1 Å². The van der Waals surface area contributed by atoms with Crippen molar-refractivity contribution in [2.75, 3.05) is 5.43 Å². The molecule has 0 atom stereocenters. The predicted octanol–water partition coefficient (Wildman–Crippen LogP) is 2.18. The Labute approximate surface area is 121 Å². The van der Waals surface area contributed by atoms with Crippen molar-refractivity contribution in [2.45, 2.75) is 26.9 Å². The van der Waals surface area contributed by atoms with Crippen LogP contribution in [0.2, 0.25) is 0 Å². The average molecular weight is 293 g/mol. The molecule has 1 aromatic carbocycles. The lowest BCUT2D eigenvalue weighted by atomic mass is 10.2. The third-order valence-electron chi connectivity index (χ3n) is 2.40. The molecule has 0 aliphatic rings. The van der Waals surface area contributed by atoms with E-state index in [0.29, 0.717) is 11.3 Å². The largest absolute Gasteiger partial charge is 0.461 e. The Kier molecular flexibility index (Phi) is 4.49. The normalized spacial score (nSPS) is 10.6. The standard InChI is InChI=1S/C13H16FN5O2/c1-7(2)20-12-16-11(19-15)17-13(18-12)21-9-4-5-10(14)8(3)6-9/h4-7H,15H2,1-3H3,(H,16,17,18,19). The van der Waals surface area contributed by atoms with Crippen LogP contribution in [0.25, 0.3) is 0 Å². The molecule has 1 heterocycles. The van der Waals surface area contributed by atoms with E-state index in [0.717, 1.165) is 0 Å². The molecule has 7 nitrogen and oxygen atoms in total. The number of benzene rings is 1. The number of hydrogen-bond acceptors (Lipinski definition) is 7. The summed E-state index contributed by atoms with van der Waals surface area (Å²) < 4.78 is 24.1. The van der Waals surface area contributed by atoms with Gasteiger partial charge in [-0.25, -0.2) is 10.2 Å². The molecule has 0 saturated carbocycles. The summed E-state index contributed by atoms with van der Waals surface area (Å²) in [6.07, 6.45) is -0.112. The SMILES string of the molecule is Cc1cc(Oc2nc(NN)nc(OC(C)C)n2)ccc1F. The maximum atomic E-state index is 13.2. The second-order valence-electron chi connectivity index (χ2n) is 4.55. The van der Waals surface area contributed by atoms with Gasteiger partial charge in [0.05, 0.1) is 6.10 Å². The molecule has 8 heteroatoms. The van der Waals surface area contributed by atoms with Gasteiger partial charge in [-0.15, -0.1) is 4.98 Å². The van der Waals surface area contributed by atoms with Crippen LogP contribution in [0.4, 0.5) is 10.3 Å². The van der Waals surface area contributed by atoms with Crippen LogP contribution in [0, 0.1) is 12.7 Å². The van der Waals surface area contributed by atoms with E-state index < -0.39 is 0 Å². The third kappa shape index (κ3) is 3.99. The summed E-state index contributed by atoms with van der Waals surface area (Å²) in [5, 5.41) is 0. The topological polar surface area (TPSA) is 95.2 Å². The van der Waals surface area contributed by atoms with Crippen LogP contribution in [0.1, 0.15) is 19.4 Å². The minimum absolute atomic E-state index is 0.000363. The summed E-state index contributed by atoms with van der Waals surface area (Å²) >= 11 is 0. The predicted molar refractivity (Wildman–Crippen MR) is 74.6 cm³/mol. The van der Waals surface area contributed by atoms with Crippen molar-refractivity contribution < 1.29 is 13.9 Å². The number of nitrogens with two attached hydrogens (primary N) is 1. The minimum atomic E-state index is -0.314. The Morgan fingerprint density at radius 3 is 2.52 bits per heavy atom. The molecule has 0 bridgehead atoms. The lowest BCUT2D eigenvalue weighted by molar-refractivity contribution is 0.218. The number of nitrogens with one attached hydrogen (secondary N) is 1. The quantitative estimate of drug-likeness (QED) is 0.644. The van der Waals surface area contributed by atoms with Gasteiger partial charge in [-0.05, 0) is 44.5 Å². The van der Waals surface area contributed by atoms with Gasteiger partial charge in [-0.2, -0.15) is 9.97 Å². The third-order valence-corrected chi connectivity index (χ3v) is 2.40. The van der Waals surface area contributed by atoms with Crippen LogP contribution in [0.3, 0.4) is 0 Å². The maximum absolute atomic E-state index is 13.2. The first kappa shape index (κ1) is 14.9. The van der Waals surface area contributed by atoms with Crippen LogP contribution < -0.4 is 20.7 Å². The van der Waals surface area contributed by atoms with Crippen molar-refractivity contribution in [3.63, 3.8) is 0 Å². The zero-order chi connectivity index (χ0) is 15.4. The van der Waals surface area contributed by atoms with E-state index in [2.05, 4.69) is 20.4 Å². The fraction of sp³-hybridized carbons (Fsp3) is 0.308. The monoisotopic (exact) mass is 293 g/mol. The number of nitrogens with zero attached hydrogens (tertiary/aromatic N) is 3. The number of anilines is 1. The van der Waals surface area contributed by atoms with Gasteiger partial charge in [0, 0.05) is 0 Å². The van der Waals surface area contributed by atoms with Crippen molar-refractivity contribution in [3.05, 3.63) is 29.6 Å². The fourth-order valence-electron chi connectivity index (χ4n) is 1.50. The van der Waals surface area contributed by atoms with Crippen LogP contribution in [0.5, 0.6) is 17.8 Å². The molecule has 0 unspecified atom stereocenters. The number of ether oxygens (including phenoxy) is 2. The summed E-state index contributed by atoms with van der Waals surface area (Å²) in [5.74, 6) is 5.49. The van der Waals surface area contributed by atoms with Gasteiger partial charge in [-0.1, -0.05) is 0 Å². The molecule has 0 fully saturated rings. The Morgan fingerprint density at radius 2 is 1.90 bits per heavy atom. The summed E-state index contributed by atoms with van der Waals surface area (Å²) in [6, 6.07) is 4.41. The molecular formula is C13H16FN5O2. The first-order valence-corrected chi connectivity index (χ1v) is 6.31. The van der Waals surface area contributed by atoms with Crippen molar-refractivity contribution in [2.24, 2.45) is 5.84 Å². The van der Waals surface area contributed by atoms with E-state index in [1.54, 1.807) is 6.92 Å². The van der Waals surface area contributed by atoms with Gasteiger partial charge in [0.25, 0.3) is 0 Å². The summed E-state index contributed by atoms with van der Waals surface area (Å²) in [6.45, 7) is 5.31. The molecule has 0 spiro atoms. The van der Waals surface area contributed by atoms with Crippen LogP contribution in [-0.2, 0) is 0 Å². The highest BCUT2D eigenvalue weighted by Gasteiger charge is 2.11. The molecular weight excluding hydrogens is 277 g/mol. The Morgan fingerprint density at radius 1 is 1.19 bits per heavy atom. The second-order valence-corrected chi connectivity index (χ2v) is 4.55. The van der Waals surface area contributed by atoms with Crippen molar-refractivity contribution in [3.8, 4) is 17.8 Å². The molecule has 21 heavy (non-hydrogen) atoms. The van der Waals surface area contributed by atoms with E-state index in [1.165, 1.54) is 18.2 Å². The number of nitrogen functional groups attached to an aromatic ring is 1. The molecule has 2 aromatic rings. The van der Waals surface area contributed by atoms with Gasteiger partial charge in [-0.3, -0.25) is 5.43 Å². The van der Waals surface area contributed by atoms with Crippen molar-refractivity contribution in [1.82, 2.24) is 15.0 Å².